The first-order valence-electron chi connectivity index (χ1n) is 6.36. The van der Waals surface area contributed by atoms with E-state index in [9.17, 15) is 4.79 Å². The maximum Gasteiger partial charge on any atom is 0.254 e. The molecule has 1 unspecified atom stereocenters. The molecule has 0 saturated heterocycles. The molecule has 0 aliphatic carbocycles. The summed E-state index contributed by atoms with van der Waals surface area (Å²) in [7, 11) is 0. The second kappa shape index (κ2) is 5.32. The van der Waals surface area contributed by atoms with Crippen molar-refractivity contribution in [2.45, 2.75) is 32.2 Å². The molecule has 0 fully saturated rings. The zero-order chi connectivity index (χ0) is 12.3. The van der Waals surface area contributed by atoms with E-state index in [4.69, 9.17) is 5.73 Å². The minimum absolute atomic E-state index is 0.173. The van der Waals surface area contributed by atoms with Crippen LogP contribution < -0.4 is 5.73 Å². The van der Waals surface area contributed by atoms with E-state index in [0.29, 0.717) is 12.6 Å². The number of nitrogens with two attached hydrogens (primary N) is 1. The van der Waals surface area contributed by atoms with Gasteiger partial charge in [0.1, 0.15) is 0 Å². The van der Waals surface area contributed by atoms with Crippen LogP contribution in [0.3, 0.4) is 0 Å². The molecule has 3 nitrogen and oxygen atoms in total. The Balaban J connectivity index is 2.22. The Labute approximate surface area is 103 Å². The number of nitrogens with zero attached hydrogens (tertiary/aromatic N) is 1. The van der Waals surface area contributed by atoms with E-state index >= 15 is 0 Å². The number of carbonyl (C=O) groups excluding carboxylic acids is 1. The SMILES string of the molecule is CCC(CCN)N1CCc2ccccc2C1=O. The van der Waals surface area contributed by atoms with Crippen molar-refractivity contribution in [1.29, 1.82) is 0 Å². The Bertz CT molecular complexity index is 403. The third-order valence-electron chi connectivity index (χ3n) is 3.54. The fourth-order valence-electron chi connectivity index (χ4n) is 2.57. The second-order valence-electron chi connectivity index (χ2n) is 4.55. The molecular weight excluding hydrogens is 212 g/mol. The van der Waals surface area contributed by atoms with Gasteiger partial charge in [-0.25, -0.2) is 0 Å². The molecule has 0 spiro atoms. The summed E-state index contributed by atoms with van der Waals surface area (Å²) in [4.78, 5) is 14.4. The van der Waals surface area contributed by atoms with Gasteiger partial charge < -0.3 is 10.6 Å². The standard InChI is InChI=1S/C14H20N2O/c1-2-12(7-9-15)16-10-8-11-5-3-4-6-13(11)14(16)17/h3-6,12H,2,7-10,15H2,1H3. The maximum atomic E-state index is 12.4. The normalized spacial score (nSPS) is 16.8. The average molecular weight is 232 g/mol. The molecule has 1 atom stereocenters. The number of benzene rings is 1. The van der Waals surface area contributed by atoms with E-state index in [2.05, 4.69) is 13.0 Å². The van der Waals surface area contributed by atoms with Crippen molar-refractivity contribution in [1.82, 2.24) is 4.90 Å². The zero-order valence-electron chi connectivity index (χ0n) is 10.4. The fraction of sp³-hybridized carbons (Fsp3) is 0.500. The molecule has 0 bridgehead atoms. The van der Waals surface area contributed by atoms with Gasteiger partial charge in [0.2, 0.25) is 0 Å². The van der Waals surface area contributed by atoms with Crippen molar-refractivity contribution in [3.05, 3.63) is 35.4 Å². The highest BCUT2D eigenvalue weighted by Gasteiger charge is 2.28. The van der Waals surface area contributed by atoms with Crippen LogP contribution in [-0.2, 0) is 6.42 Å². The highest BCUT2D eigenvalue weighted by atomic mass is 16.2. The van der Waals surface area contributed by atoms with Gasteiger partial charge in [-0.05, 0) is 37.4 Å². The minimum Gasteiger partial charge on any atom is -0.335 e. The predicted octanol–water partition coefficient (Wildman–Crippen LogP) is 1.81. The molecule has 0 aromatic heterocycles. The van der Waals surface area contributed by atoms with Crippen molar-refractivity contribution in [3.63, 3.8) is 0 Å². The summed E-state index contributed by atoms with van der Waals surface area (Å²) in [6.07, 6.45) is 2.83. The summed E-state index contributed by atoms with van der Waals surface area (Å²) >= 11 is 0. The molecule has 0 saturated carbocycles. The highest BCUT2D eigenvalue weighted by Crippen LogP contribution is 2.22. The molecular formula is C14H20N2O. The van der Waals surface area contributed by atoms with E-state index in [1.807, 2.05) is 23.1 Å². The number of rotatable bonds is 4. The van der Waals surface area contributed by atoms with Gasteiger partial charge in [-0.1, -0.05) is 25.1 Å². The molecule has 92 valence electrons. The first-order chi connectivity index (χ1) is 8.27. The highest BCUT2D eigenvalue weighted by molar-refractivity contribution is 5.96. The van der Waals surface area contributed by atoms with Gasteiger partial charge in [-0.3, -0.25) is 4.79 Å². The van der Waals surface area contributed by atoms with Crippen molar-refractivity contribution in [2.24, 2.45) is 5.73 Å². The summed E-state index contributed by atoms with van der Waals surface area (Å²) in [5.41, 5.74) is 7.66. The summed E-state index contributed by atoms with van der Waals surface area (Å²) in [6.45, 7) is 3.59. The van der Waals surface area contributed by atoms with Crippen molar-refractivity contribution < 1.29 is 4.79 Å². The predicted molar refractivity (Wildman–Crippen MR) is 68.9 cm³/mol. The van der Waals surface area contributed by atoms with Gasteiger partial charge >= 0.3 is 0 Å². The lowest BCUT2D eigenvalue weighted by Crippen LogP contribution is -2.45. The van der Waals surface area contributed by atoms with Crippen LogP contribution in [0.15, 0.2) is 24.3 Å². The van der Waals surface area contributed by atoms with Gasteiger partial charge in [-0.2, -0.15) is 0 Å². The lowest BCUT2D eigenvalue weighted by molar-refractivity contribution is 0.0647. The van der Waals surface area contributed by atoms with Crippen LogP contribution >= 0.6 is 0 Å². The topological polar surface area (TPSA) is 46.3 Å². The van der Waals surface area contributed by atoms with Gasteiger partial charge in [0.05, 0.1) is 0 Å². The van der Waals surface area contributed by atoms with E-state index in [-0.39, 0.29) is 5.91 Å². The van der Waals surface area contributed by atoms with Crippen LogP contribution in [0, 0.1) is 0 Å². The molecule has 2 N–H and O–H groups in total. The van der Waals surface area contributed by atoms with Gasteiger partial charge in [0.25, 0.3) is 5.91 Å². The van der Waals surface area contributed by atoms with Crippen LogP contribution in [0.2, 0.25) is 0 Å². The fourth-order valence-corrected chi connectivity index (χ4v) is 2.57. The smallest absolute Gasteiger partial charge is 0.254 e. The van der Waals surface area contributed by atoms with Crippen LogP contribution in [0.1, 0.15) is 35.7 Å². The molecule has 1 aliphatic rings. The molecule has 1 amide bonds. The van der Waals surface area contributed by atoms with E-state index in [1.165, 1.54) is 5.56 Å². The second-order valence-corrected chi connectivity index (χ2v) is 4.55. The third kappa shape index (κ3) is 2.34. The molecule has 1 heterocycles. The van der Waals surface area contributed by atoms with E-state index < -0.39 is 0 Å². The lowest BCUT2D eigenvalue weighted by Gasteiger charge is -2.35. The third-order valence-corrected chi connectivity index (χ3v) is 3.54. The molecule has 2 rings (SSSR count). The summed E-state index contributed by atoms with van der Waals surface area (Å²) in [5.74, 6) is 0.173. The van der Waals surface area contributed by atoms with Crippen LogP contribution in [0.4, 0.5) is 0 Å². The van der Waals surface area contributed by atoms with Crippen molar-refractivity contribution >= 4 is 5.91 Å². The quantitative estimate of drug-likeness (QED) is 0.860. The summed E-state index contributed by atoms with van der Waals surface area (Å²) < 4.78 is 0. The minimum atomic E-state index is 0.173. The van der Waals surface area contributed by atoms with Gasteiger partial charge in [0, 0.05) is 18.2 Å². The van der Waals surface area contributed by atoms with Crippen LogP contribution in [-0.4, -0.2) is 29.9 Å². The van der Waals surface area contributed by atoms with E-state index in [1.54, 1.807) is 0 Å². The van der Waals surface area contributed by atoms with Crippen LogP contribution in [0.25, 0.3) is 0 Å². The summed E-state index contributed by atoms with van der Waals surface area (Å²) in [6, 6.07) is 8.21. The van der Waals surface area contributed by atoms with Crippen molar-refractivity contribution in [2.75, 3.05) is 13.1 Å². The summed E-state index contributed by atoms with van der Waals surface area (Å²) in [5, 5.41) is 0. The molecule has 1 aromatic rings. The number of hydrogen-bond donors (Lipinski definition) is 1. The largest absolute Gasteiger partial charge is 0.335 e. The van der Waals surface area contributed by atoms with Crippen molar-refractivity contribution in [3.8, 4) is 0 Å². The zero-order valence-corrected chi connectivity index (χ0v) is 10.4. The number of carbonyl (C=O) groups is 1. The Morgan fingerprint density at radius 2 is 2.18 bits per heavy atom. The maximum absolute atomic E-state index is 12.4. The van der Waals surface area contributed by atoms with Gasteiger partial charge in [-0.15, -0.1) is 0 Å². The Hall–Kier alpha value is -1.35. The molecule has 17 heavy (non-hydrogen) atoms. The molecule has 1 aromatic carbocycles. The Kier molecular flexibility index (Phi) is 3.79. The first kappa shape index (κ1) is 12.1. The molecule has 1 aliphatic heterocycles. The average Bonchev–Trinajstić information content (AvgIpc) is 2.37. The first-order valence-corrected chi connectivity index (χ1v) is 6.36. The van der Waals surface area contributed by atoms with Gasteiger partial charge in [0.15, 0.2) is 0 Å². The van der Waals surface area contributed by atoms with Crippen LogP contribution in [0.5, 0.6) is 0 Å². The number of fused-ring (bicyclic) bond motifs is 1. The number of hydrogen-bond acceptors (Lipinski definition) is 2. The Morgan fingerprint density at radius 3 is 2.88 bits per heavy atom. The Morgan fingerprint density at radius 1 is 1.41 bits per heavy atom. The lowest BCUT2D eigenvalue weighted by atomic mass is 9.96. The molecule has 0 radical (unpaired) electrons. The number of amides is 1. The monoisotopic (exact) mass is 232 g/mol. The van der Waals surface area contributed by atoms with E-state index in [0.717, 1.165) is 31.4 Å². The molecule has 3 heteroatoms.